The average molecular weight is 176 g/mol. The van der Waals surface area contributed by atoms with E-state index in [-0.39, 0.29) is 13.2 Å². The molecule has 0 amide bonds. The van der Waals surface area contributed by atoms with Crippen molar-refractivity contribution >= 4 is 0 Å². The zero-order valence-corrected chi connectivity index (χ0v) is 8.55. The first-order valence-corrected chi connectivity index (χ1v) is 5.05. The van der Waals surface area contributed by atoms with Crippen molar-refractivity contribution in [2.75, 3.05) is 13.2 Å². The van der Waals surface area contributed by atoms with Gasteiger partial charge in [0.2, 0.25) is 0 Å². The zero-order valence-electron chi connectivity index (χ0n) is 8.55. The Morgan fingerprint density at radius 1 is 0.667 bits per heavy atom. The standard InChI is InChI=1S/C6H14.C4H10O2/c1-3-5-6-4-2;5-3-1-2-4-6/h3-6H2,1-2H3;5-6H,1-4H2. The minimum absolute atomic E-state index is 0.195. The fourth-order valence-corrected chi connectivity index (χ4v) is 0.724. The Labute approximate surface area is 76.6 Å². The van der Waals surface area contributed by atoms with Crippen LogP contribution < -0.4 is 0 Å². The summed E-state index contributed by atoms with van der Waals surface area (Å²) < 4.78 is 0. The molecule has 0 aromatic rings. The lowest BCUT2D eigenvalue weighted by Crippen LogP contribution is -1.85. The molecule has 0 heterocycles. The maximum Gasteiger partial charge on any atom is 0.0431 e. The smallest absolute Gasteiger partial charge is 0.0431 e. The topological polar surface area (TPSA) is 40.5 Å². The molecule has 0 aromatic heterocycles. The Hall–Kier alpha value is -0.0800. The Balaban J connectivity index is 0. The molecule has 0 fully saturated rings. The fourth-order valence-electron chi connectivity index (χ4n) is 0.724. The molecule has 0 aromatic carbocycles. The molecule has 0 aliphatic rings. The molecule has 0 spiro atoms. The Morgan fingerprint density at radius 3 is 1.17 bits per heavy atom. The van der Waals surface area contributed by atoms with Gasteiger partial charge >= 0.3 is 0 Å². The Bertz CT molecular complexity index is 39.8. The molecule has 0 unspecified atom stereocenters. The monoisotopic (exact) mass is 176 g/mol. The van der Waals surface area contributed by atoms with Crippen molar-refractivity contribution in [2.45, 2.75) is 52.4 Å². The van der Waals surface area contributed by atoms with Crippen LogP contribution in [0.2, 0.25) is 0 Å². The van der Waals surface area contributed by atoms with Gasteiger partial charge in [0.25, 0.3) is 0 Å². The maximum absolute atomic E-state index is 8.09. The Morgan fingerprint density at radius 2 is 1.00 bits per heavy atom. The van der Waals surface area contributed by atoms with Crippen LogP contribution in [0, 0.1) is 0 Å². The first-order chi connectivity index (χ1) is 5.83. The van der Waals surface area contributed by atoms with Crippen molar-refractivity contribution < 1.29 is 10.2 Å². The third-order valence-electron chi connectivity index (χ3n) is 1.52. The van der Waals surface area contributed by atoms with Crippen LogP contribution in [0.4, 0.5) is 0 Å². The van der Waals surface area contributed by atoms with Gasteiger partial charge in [0.1, 0.15) is 0 Å². The fraction of sp³-hybridized carbons (Fsp3) is 1.00. The van der Waals surface area contributed by atoms with Crippen LogP contribution >= 0.6 is 0 Å². The summed E-state index contributed by atoms with van der Waals surface area (Å²) in [5.74, 6) is 0. The van der Waals surface area contributed by atoms with Gasteiger partial charge in [-0.3, -0.25) is 0 Å². The summed E-state index contributed by atoms with van der Waals surface area (Å²) in [7, 11) is 0. The lowest BCUT2D eigenvalue weighted by molar-refractivity contribution is 0.242. The van der Waals surface area contributed by atoms with Crippen molar-refractivity contribution in [3.63, 3.8) is 0 Å². The molecule has 0 aliphatic heterocycles. The average Bonchev–Trinajstić information content (AvgIpc) is 2.12. The van der Waals surface area contributed by atoms with Crippen LogP contribution in [0.1, 0.15) is 52.4 Å². The van der Waals surface area contributed by atoms with Crippen molar-refractivity contribution in [2.24, 2.45) is 0 Å². The van der Waals surface area contributed by atoms with E-state index in [9.17, 15) is 0 Å². The highest BCUT2D eigenvalue weighted by Crippen LogP contribution is 1.95. The molecule has 0 saturated carbocycles. The second-order valence-electron chi connectivity index (χ2n) is 2.86. The van der Waals surface area contributed by atoms with E-state index in [1.165, 1.54) is 25.7 Å². The van der Waals surface area contributed by atoms with E-state index in [1.54, 1.807) is 0 Å². The van der Waals surface area contributed by atoms with Crippen molar-refractivity contribution in [1.29, 1.82) is 0 Å². The summed E-state index contributed by atoms with van der Waals surface area (Å²) in [4.78, 5) is 0. The quantitative estimate of drug-likeness (QED) is 0.610. The third kappa shape index (κ3) is 22.5. The Kier molecular flexibility index (Phi) is 20.6. The minimum atomic E-state index is 0.195. The number of hydrogen-bond donors (Lipinski definition) is 2. The van der Waals surface area contributed by atoms with Gasteiger partial charge in [0.15, 0.2) is 0 Å². The number of hydrogen-bond acceptors (Lipinski definition) is 2. The second kappa shape index (κ2) is 17.1. The molecule has 0 radical (unpaired) electrons. The van der Waals surface area contributed by atoms with Crippen LogP contribution in [0.3, 0.4) is 0 Å². The largest absolute Gasteiger partial charge is 0.396 e. The van der Waals surface area contributed by atoms with Gasteiger partial charge in [-0.05, 0) is 12.8 Å². The van der Waals surface area contributed by atoms with Gasteiger partial charge < -0.3 is 10.2 Å². The molecule has 0 aliphatic carbocycles. The highest BCUT2D eigenvalue weighted by atomic mass is 16.3. The lowest BCUT2D eigenvalue weighted by atomic mass is 10.2. The summed E-state index contributed by atoms with van der Waals surface area (Å²) in [6.07, 6.45) is 6.97. The highest BCUT2D eigenvalue weighted by Gasteiger charge is 1.77. The normalized spacial score (nSPS) is 9.00. The minimum Gasteiger partial charge on any atom is -0.396 e. The molecule has 0 atom stereocenters. The van der Waals surface area contributed by atoms with Gasteiger partial charge in [-0.1, -0.05) is 39.5 Å². The van der Waals surface area contributed by atoms with E-state index in [2.05, 4.69) is 13.8 Å². The predicted octanol–water partition coefficient (Wildman–Crippen LogP) is 2.34. The SMILES string of the molecule is CCCCCC.OCCCCO. The van der Waals surface area contributed by atoms with E-state index >= 15 is 0 Å². The van der Waals surface area contributed by atoms with Crippen molar-refractivity contribution in [3.05, 3.63) is 0 Å². The number of unbranched alkanes of at least 4 members (excludes halogenated alkanes) is 4. The predicted molar refractivity (Wildman–Crippen MR) is 53.2 cm³/mol. The van der Waals surface area contributed by atoms with Gasteiger partial charge in [0.05, 0.1) is 0 Å². The molecule has 0 bridgehead atoms. The highest BCUT2D eigenvalue weighted by molar-refractivity contribution is 4.31. The van der Waals surface area contributed by atoms with E-state index < -0.39 is 0 Å². The molecule has 2 N–H and O–H groups in total. The van der Waals surface area contributed by atoms with Crippen LogP contribution in [0.5, 0.6) is 0 Å². The molecular formula is C10H24O2. The third-order valence-corrected chi connectivity index (χ3v) is 1.52. The van der Waals surface area contributed by atoms with Gasteiger partial charge in [-0.25, -0.2) is 0 Å². The van der Waals surface area contributed by atoms with Crippen LogP contribution in [0.15, 0.2) is 0 Å². The maximum atomic E-state index is 8.09. The molecular weight excluding hydrogens is 152 g/mol. The van der Waals surface area contributed by atoms with Gasteiger partial charge in [0, 0.05) is 13.2 Å². The summed E-state index contributed by atoms with van der Waals surface area (Å²) in [5, 5.41) is 16.2. The van der Waals surface area contributed by atoms with E-state index in [0.29, 0.717) is 0 Å². The lowest BCUT2D eigenvalue weighted by Gasteiger charge is -1.86. The molecule has 12 heavy (non-hydrogen) atoms. The molecule has 0 rings (SSSR count). The summed E-state index contributed by atoms with van der Waals surface area (Å²) in [6.45, 7) is 4.85. The summed E-state index contributed by atoms with van der Waals surface area (Å²) >= 11 is 0. The molecule has 76 valence electrons. The summed E-state index contributed by atoms with van der Waals surface area (Å²) in [5.41, 5.74) is 0. The number of aliphatic hydroxyl groups excluding tert-OH is 2. The van der Waals surface area contributed by atoms with Gasteiger partial charge in [-0.15, -0.1) is 0 Å². The summed E-state index contributed by atoms with van der Waals surface area (Å²) in [6, 6.07) is 0. The van der Waals surface area contributed by atoms with Gasteiger partial charge in [-0.2, -0.15) is 0 Å². The zero-order chi connectivity index (χ0) is 9.66. The van der Waals surface area contributed by atoms with Crippen LogP contribution in [-0.2, 0) is 0 Å². The van der Waals surface area contributed by atoms with Crippen molar-refractivity contribution in [3.8, 4) is 0 Å². The number of rotatable bonds is 6. The van der Waals surface area contributed by atoms with E-state index in [1.807, 2.05) is 0 Å². The molecule has 2 nitrogen and oxygen atoms in total. The van der Waals surface area contributed by atoms with E-state index in [4.69, 9.17) is 10.2 Å². The van der Waals surface area contributed by atoms with Crippen LogP contribution in [-0.4, -0.2) is 23.4 Å². The number of aliphatic hydroxyl groups is 2. The molecule has 0 saturated heterocycles. The first-order valence-electron chi connectivity index (χ1n) is 5.05. The molecule has 2 heteroatoms. The first kappa shape index (κ1) is 14.4. The van der Waals surface area contributed by atoms with Crippen molar-refractivity contribution in [1.82, 2.24) is 0 Å². The van der Waals surface area contributed by atoms with E-state index in [0.717, 1.165) is 12.8 Å². The van der Waals surface area contributed by atoms with Crippen LogP contribution in [0.25, 0.3) is 0 Å². The second-order valence-corrected chi connectivity index (χ2v) is 2.86.